The van der Waals surface area contributed by atoms with Gasteiger partial charge in [-0.1, -0.05) is 42.0 Å². The van der Waals surface area contributed by atoms with Crippen LogP contribution < -0.4 is 9.47 Å². The molecule has 5 nitrogen and oxygen atoms in total. The zero-order chi connectivity index (χ0) is 21.4. The fraction of sp³-hybridized carbons (Fsp3) is 0.192. The van der Waals surface area contributed by atoms with Gasteiger partial charge in [-0.05, 0) is 60.9 Å². The number of amides is 1. The van der Waals surface area contributed by atoms with Crippen molar-refractivity contribution in [3.8, 4) is 11.5 Å². The standard InChI is InChI=1S/C26H24N2O3/c1-17-8-13-23-22(16-17)21-14-15-28(26(29)31-20-6-4-3-5-7-20)25(24(21)27-23)18-9-11-19(30-2)12-10-18/h3-13,16,25,27H,14-15H2,1-2H3. The fourth-order valence-electron chi connectivity index (χ4n) is 4.38. The lowest BCUT2D eigenvalue weighted by atomic mass is 9.92. The molecule has 1 aromatic heterocycles. The van der Waals surface area contributed by atoms with Crippen LogP contribution in [-0.2, 0) is 6.42 Å². The van der Waals surface area contributed by atoms with E-state index >= 15 is 0 Å². The van der Waals surface area contributed by atoms with Crippen LogP contribution in [0.5, 0.6) is 11.5 Å². The number of H-pyrrole nitrogens is 1. The van der Waals surface area contributed by atoms with E-state index in [0.29, 0.717) is 12.3 Å². The van der Waals surface area contributed by atoms with Gasteiger partial charge in [-0.15, -0.1) is 0 Å². The number of rotatable bonds is 3. The number of benzene rings is 3. The first-order chi connectivity index (χ1) is 15.1. The van der Waals surface area contributed by atoms with Gasteiger partial charge in [0.25, 0.3) is 0 Å². The zero-order valence-electron chi connectivity index (χ0n) is 17.6. The van der Waals surface area contributed by atoms with E-state index in [9.17, 15) is 4.79 Å². The van der Waals surface area contributed by atoms with Crippen LogP contribution in [-0.4, -0.2) is 29.6 Å². The molecule has 5 rings (SSSR count). The lowest BCUT2D eigenvalue weighted by molar-refractivity contribution is 0.135. The number of ether oxygens (including phenoxy) is 2. The number of aromatic amines is 1. The molecule has 1 N–H and O–H groups in total. The number of hydrogen-bond acceptors (Lipinski definition) is 3. The SMILES string of the molecule is COc1ccc(C2c3[nH]c4ccc(C)cc4c3CCN2C(=O)Oc2ccccc2)cc1. The summed E-state index contributed by atoms with van der Waals surface area (Å²) in [6, 6.07) is 23.3. The minimum Gasteiger partial charge on any atom is -0.497 e. The van der Waals surface area contributed by atoms with Crippen molar-refractivity contribution in [1.82, 2.24) is 9.88 Å². The molecule has 0 aliphatic carbocycles. The lowest BCUT2D eigenvalue weighted by Gasteiger charge is -2.35. The van der Waals surface area contributed by atoms with E-state index in [1.165, 1.54) is 16.5 Å². The molecule has 0 bridgehead atoms. The molecule has 1 atom stereocenters. The van der Waals surface area contributed by atoms with Gasteiger partial charge >= 0.3 is 6.09 Å². The van der Waals surface area contributed by atoms with Crippen molar-refractivity contribution in [2.45, 2.75) is 19.4 Å². The Labute approximate surface area is 181 Å². The van der Waals surface area contributed by atoms with Crippen molar-refractivity contribution < 1.29 is 14.3 Å². The monoisotopic (exact) mass is 412 g/mol. The third kappa shape index (κ3) is 3.52. The highest BCUT2D eigenvalue weighted by Crippen LogP contribution is 2.39. The molecule has 1 unspecified atom stereocenters. The molecule has 156 valence electrons. The second kappa shape index (κ2) is 7.84. The lowest BCUT2D eigenvalue weighted by Crippen LogP contribution is -2.42. The number of aromatic nitrogens is 1. The molecule has 0 saturated carbocycles. The van der Waals surface area contributed by atoms with Crippen molar-refractivity contribution in [1.29, 1.82) is 0 Å². The molecule has 0 radical (unpaired) electrons. The topological polar surface area (TPSA) is 54.6 Å². The third-order valence-corrected chi connectivity index (χ3v) is 5.90. The normalized spacial score (nSPS) is 15.5. The predicted octanol–water partition coefficient (Wildman–Crippen LogP) is 5.63. The summed E-state index contributed by atoms with van der Waals surface area (Å²) in [6.07, 6.45) is 0.419. The van der Waals surface area contributed by atoms with E-state index < -0.39 is 0 Å². The third-order valence-electron chi connectivity index (χ3n) is 5.90. The Morgan fingerprint density at radius 1 is 1.00 bits per heavy atom. The number of hydrogen-bond donors (Lipinski definition) is 1. The van der Waals surface area contributed by atoms with Crippen LogP contribution in [0.25, 0.3) is 10.9 Å². The number of nitrogens with zero attached hydrogens (tertiary/aromatic N) is 1. The van der Waals surface area contributed by atoms with Gasteiger partial charge in [-0.2, -0.15) is 0 Å². The highest BCUT2D eigenvalue weighted by molar-refractivity contribution is 5.87. The summed E-state index contributed by atoms with van der Waals surface area (Å²) in [5, 5.41) is 1.23. The molecular formula is C26H24N2O3. The Kier molecular flexibility index (Phi) is 4.86. The van der Waals surface area contributed by atoms with Gasteiger partial charge in [0, 0.05) is 23.1 Å². The molecule has 4 aromatic rings. The highest BCUT2D eigenvalue weighted by Gasteiger charge is 2.35. The number of aryl methyl sites for hydroxylation is 1. The van der Waals surface area contributed by atoms with Gasteiger partial charge < -0.3 is 14.5 Å². The molecule has 3 aromatic carbocycles. The highest BCUT2D eigenvalue weighted by atomic mass is 16.6. The maximum Gasteiger partial charge on any atom is 0.416 e. The first-order valence-corrected chi connectivity index (χ1v) is 10.4. The Morgan fingerprint density at radius 3 is 2.52 bits per heavy atom. The first-order valence-electron chi connectivity index (χ1n) is 10.4. The second-order valence-corrected chi connectivity index (χ2v) is 7.87. The number of carbonyl (C=O) groups is 1. The maximum atomic E-state index is 13.2. The number of para-hydroxylation sites is 1. The van der Waals surface area contributed by atoms with Crippen LogP contribution in [0.15, 0.2) is 72.8 Å². The molecule has 5 heteroatoms. The smallest absolute Gasteiger partial charge is 0.416 e. The van der Waals surface area contributed by atoms with E-state index in [-0.39, 0.29) is 12.1 Å². The van der Waals surface area contributed by atoms with Gasteiger partial charge in [0.15, 0.2) is 0 Å². The molecule has 1 aliphatic heterocycles. The predicted molar refractivity (Wildman–Crippen MR) is 121 cm³/mol. The van der Waals surface area contributed by atoms with Crippen molar-refractivity contribution in [3.63, 3.8) is 0 Å². The van der Waals surface area contributed by atoms with E-state index in [1.807, 2.05) is 42.5 Å². The van der Waals surface area contributed by atoms with Crippen LogP contribution in [0.2, 0.25) is 0 Å². The Hall–Kier alpha value is -3.73. The minimum absolute atomic E-state index is 0.265. The molecule has 0 saturated heterocycles. The number of methoxy groups -OCH3 is 1. The largest absolute Gasteiger partial charge is 0.497 e. The molecule has 31 heavy (non-hydrogen) atoms. The van der Waals surface area contributed by atoms with Gasteiger partial charge in [-0.3, -0.25) is 4.90 Å². The van der Waals surface area contributed by atoms with E-state index in [1.54, 1.807) is 24.1 Å². The van der Waals surface area contributed by atoms with Crippen LogP contribution >= 0.6 is 0 Å². The van der Waals surface area contributed by atoms with E-state index in [0.717, 1.165) is 28.9 Å². The summed E-state index contributed by atoms with van der Waals surface area (Å²) >= 11 is 0. The number of nitrogens with one attached hydrogen (secondary N) is 1. The molecule has 0 spiro atoms. The van der Waals surface area contributed by atoms with Gasteiger partial charge in [0.2, 0.25) is 0 Å². The van der Waals surface area contributed by atoms with E-state index in [2.05, 4.69) is 30.1 Å². The van der Waals surface area contributed by atoms with Crippen molar-refractivity contribution in [3.05, 3.63) is 95.2 Å². The summed E-state index contributed by atoms with van der Waals surface area (Å²) in [5.41, 5.74) is 5.63. The van der Waals surface area contributed by atoms with E-state index in [4.69, 9.17) is 9.47 Å². The van der Waals surface area contributed by atoms with Crippen LogP contribution in [0, 0.1) is 6.92 Å². The second-order valence-electron chi connectivity index (χ2n) is 7.87. The van der Waals surface area contributed by atoms with Crippen LogP contribution in [0.1, 0.15) is 28.4 Å². The average molecular weight is 412 g/mol. The average Bonchev–Trinajstić information content (AvgIpc) is 3.17. The Bertz CT molecular complexity index is 1230. The van der Waals surface area contributed by atoms with Gasteiger partial charge in [-0.25, -0.2) is 4.79 Å². The minimum atomic E-state index is -0.354. The van der Waals surface area contributed by atoms with Crippen molar-refractivity contribution in [2.24, 2.45) is 0 Å². The van der Waals surface area contributed by atoms with Crippen LogP contribution in [0.4, 0.5) is 4.79 Å². The summed E-state index contributed by atoms with van der Waals surface area (Å²) in [6.45, 7) is 2.68. The Morgan fingerprint density at radius 2 is 1.77 bits per heavy atom. The van der Waals surface area contributed by atoms with Crippen molar-refractivity contribution >= 4 is 17.0 Å². The summed E-state index contributed by atoms with van der Waals surface area (Å²) in [4.78, 5) is 18.6. The fourth-order valence-corrected chi connectivity index (χ4v) is 4.38. The maximum absolute atomic E-state index is 13.2. The summed E-state index contributed by atoms with van der Waals surface area (Å²) in [7, 11) is 1.65. The first kappa shape index (κ1) is 19.2. The number of fused-ring (bicyclic) bond motifs is 3. The number of carbonyl (C=O) groups excluding carboxylic acids is 1. The van der Waals surface area contributed by atoms with Crippen molar-refractivity contribution in [2.75, 3.05) is 13.7 Å². The zero-order valence-corrected chi connectivity index (χ0v) is 17.6. The quantitative estimate of drug-likeness (QED) is 0.474. The molecule has 2 heterocycles. The summed E-state index contributed by atoms with van der Waals surface area (Å²) < 4.78 is 11.0. The molecule has 0 fully saturated rings. The molecular weight excluding hydrogens is 388 g/mol. The Balaban J connectivity index is 1.59. The molecule has 1 amide bonds. The van der Waals surface area contributed by atoms with Crippen LogP contribution in [0.3, 0.4) is 0 Å². The summed E-state index contributed by atoms with van der Waals surface area (Å²) in [5.74, 6) is 1.32. The van der Waals surface area contributed by atoms with Gasteiger partial charge in [0.05, 0.1) is 7.11 Å². The molecule has 1 aliphatic rings. The van der Waals surface area contributed by atoms with Gasteiger partial charge in [0.1, 0.15) is 17.5 Å².